The molecule has 0 N–H and O–H groups in total. The van der Waals surface area contributed by atoms with Gasteiger partial charge in [-0.25, -0.2) is 4.39 Å². The Morgan fingerprint density at radius 3 is 2.36 bits per heavy atom. The number of amides is 2. The van der Waals surface area contributed by atoms with E-state index in [2.05, 4.69) is 0 Å². The van der Waals surface area contributed by atoms with E-state index >= 15 is 0 Å². The number of likely N-dealkylation sites (tertiary alicyclic amines) is 1. The first kappa shape index (κ1) is 18.5. The van der Waals surface area contributed by atoms with Crippen molar-refractivity contribution in [2.75, 3.05) is 43.5 Å². The lowest BCUT2D eigenvalue weighted by atomic mass is 9.86. The van der Waals surface area contributed by atoms with Crippen molar-refractivity contribution in [1.82, 2.24) is 4.90 Å². The Morgan fingerprint density at radius 2 is 1.71 bits per heavy atom. The van der Waals surface area contributed by atoms with Gasteiger partial charge in [-0.15, -0.1) is 0 Å². The van der Waals surface area contributed by atoms with Gasteiger partial charge in [-0.05, 0) is 55.0 Å². The third-order valence-corrected chi connectivity index (χ3v) is 5.82. The van der Waals surface area contributed by atoms with Crippen molar-refractivity contribution in [2.24, 2.45) is 5.41 Å². The fraction of sp³-hybridized carbons (Fsp3) is 0.364. The molecule has 0 aliphatic carbocycles. The van der Waals surface area contributed by atoms with Crippen molar-refractivity contribution in [1.29, 1.82) is 0 Å². The molecule has 0 saturated carbocycles. The maximum Gasteiger partial charge on any atom is 0.253 e. The van der Waals surface area contributed by atoms with Gasteiger partial charge >= 0.3 is 0 Å². The first-order valence-corrected chi connectivity index (χ1v) is 9.50. The number of carbonyl (C=O) groups excluding carboxylic acids is 2. The lowest BCUT2D eigenvalue weighted by Gasteiger charge is -2.24. The highest BCUT2D eigenvalue weighted by Gasteiger charge is 2.48. The minimum Gasteiger partial charge on any atom is -0.378 e. The number of nitrogens with zero attached hydrogens (tertiary/aromatic N) is 3. The first-order valence-electron chi connectivity index (χ1n) is 9.50. The van der Waals surface area contributed by atoms with E-state index in [1.165, 1.54) is 12.1 Å². The molecule has 0 bridgehead atoms. The maximum absolute atomic E-state index is 13.2. The highest BCUT2D eigenvalue weighted by Crippen LogP contribution is 2.42. The van der Waals surface area contributed by atoms with Gasteiger partial charge in [0.05, 0.1) is 0 Å². The van der Waals surface area contributed by atoms with E-state index in [4.69, 9.17) is 0 Å². The highest BCUT2D eigenvalue weighted by atomic mass is 19.1. The number of hydrogen-bond acceptors (Lipinski definition) is 3. The standard InChI is InChI=1S/C22H24FN3O2/c1-24(2)18-7-3-16(4-8-18)21(28)25-12-11-22(14-25)13-20(27)26(15-22)19-9-5-17(23)6-10-19/h3-10H,11-15H2,1-2H3. The van der Waals surface area contributed by atoms with E-state index in [1.807, 2.05) is 48.2 Å². The average Bonchev–Trinajstić information content (AvgIpc) is 3.25. The zero-order valence-electron chi connectivity index (χ0n) is 16.2. The van der Waals surface area contributed by atoms with Gasteiger partial charge in [-0.3, -0.25) is 9.59 Å². The molecule has 4 rings (SSSR count). The summed E-state index contributed by atoms with van der Waals surface area (Å²) >= 11 is 0. The molecule has 2 amide bonds. The van der Waals surface area contributed by atoms with E-state index < -0.39 is 0 Å². The Kier molecular flexibility index (Phi) is 4.57. The monoisotopic (exact) mass is 381 g/mol. The van der Waals surface area contributed by atoms with Gasteiger partial charge in [0, 0.05) is 62.5 Å². The Balaban J connectivity index is 1.46. The molecule has 28 heavy (non-hydrogen) atoms. The van der Waals surface area contributed by atoms with E-state index in [0.29, 0.717) is 37.3 Å². The number of carbonyl (C=O) groups is 2. The van der Waals surface area contributed by atoms with Gasteiger partial charge in [-0.2, -0.15) is 0 Å². The zero-order chi connectivity index (χ0) is 19.9. The quantitative estimate of drug-likeness (QED) is 0.820. The van der Waals surface area contributed by atoms with Crippen LogP contribution in [0.15, 0.2) is 48.5 Å². The van der Waals surface area contributed by atoms with Crippen molar-refractivity contribution >= 4 is 23.2 Å². The van der Waals surface area contributed by atoms with Crippen LogP contribution >= 0.6 is 0 Å². The van der Waals surface area contributed by atoms with Crippen LogP contribution in [0.5, 0.6) is 0 Å². The van der Waals surface area contributed by atoms with Crippen molar-refractivity contribution in [3.05, 3.63) is 59.9 Å². The lowest BCUT2D eigenvalue weighted by molar-refractivity contribution is -0.117. The van der Waals surface area contributed by atoms with Gasteiger partial charge in [0.25, 0.3) is 5.91 Å². The fourth-order valence-electron chi connectivity index (χ4n) is 4.22. The van der Waals surface area contributed by atoms with Crippen LogP contribution in [0.3, 0.4) is 0 Å². The maximum atomic E-state index is 13.2. The Morgan fingerprint density at radius 1 is 1.04 bits per heavy atom. The summed E-state index contributed by atoms with van der Waals surface area (Å²) < 4.78 is 13.2. The van der Waals surface area contributed by atoms with Crippen LogP contribution in [0.4, 0.5) is 15.8 Å². The summed E-state index contributed by atoms with van der Waals surface area (Å²) in [4.78, 5) is 31.1. The van der Waals surface area contributed by atoms with Crippen LogP contribution in [-0.2, 0) is 4.79 Å². The molecule has 6 heteroatoms. The lowest BCUT2D eigenvalue weighted by Crippen LogP contribution is -2.34. The molecule has 2 heterocycles. The third-order valence-electron chi connectivity index (χ3n) is 5.82. The number of halogens is 1. The highest BCUT2D eigenvalue weighted by molar-refractivity contribution is 5.97. The summed E-state index contributed by atoms with van der Waals surface area (Å²) in [6.45, 7) is 1.80. The number of rotatable bonds is 3. The minimum atomic E-state index is -0.317. The van der Waals surface area contributed by atoms with Crippen LogP contribution < -0.4 is 9.80 Å². The van der Waals surface area contributed by atoms with Crippen molar-refractivity contribution in [3.63, 3.8) is 0 Å². The summed E-state index contributed by atoms with van der Waals surface area (Å²) in [6, 6.07) is 13.6. The second-order valence-corrected chi connectivity index (χ2v) is 8.05. The number of benzene rings is 2. The molecule has 5 nitrogen and oxygen atoms in total. The van der Waals surface area contributed by atoms with Crippen LogP contribution in [0.2, 0.25) is 0 Å². The van der Waals surface area contributed by atoms with Crippen LogP contribution in [0, 0.1) is 11.2 Å². The molecule has 0 radical (unpaired) electrons. The molecule has 146 valence electrons. The van der Waals surface area contributed by atoms with Crippen molar-refractivity contribution < 1.29 is 14.0 Å². The molecule has 2 saturated heterocycles. The summed E-state index contributed by atoms with van der Waals surface area (Å²) in [5, 5.41) is 0. The summed E-state index contributed by atoms with van der Waals surface area (Å²) in [5.41, 5.74) is 2.21. The molecular weight excluding hydrogens is 357 g/mol. The van der Waals surface area contributed by atoms with Crippen molar-refractivity contribution in [3.8, 4) is 0 Å². The average molecular weight is 381 g/mol. The molecule has 2 aliphatic heterocycles. The Bertz CT molecular complexity index is 895. The van der Waals surface area contributed by atoms with E-state index in [9.17, 15) is 14.0 Å². The van der Waals surface area contributed by atoms with Crippen LogP contribution in [-0.4, -0.2) is 50.4 Å². The minimum absolute atomic E-state index is 0.00913. The summed E-state index contributed by atoms with van der Waals surface area (Å²) in [7, 11) is 3.93. The van der Waals surface area contributed by atoms with E-state index in [-0.39, 0.29) is 23.0 Å². The van der Waals surface area contributed by atoms with Gasteiger partial charge < -0.3 is 14.7 Å². The normalized spacial score (nSPS) is 21.6. The molecule has 0 aromatic heterocycles. The Hall–Kier alpha value is -2.89. The second kappa shape index (κ2) is 6.93. The molecule has 1 unspecified atom stereocenters. The van der Waals surface area contributed by atoms with Gasteiger partial charge in [0.15, 0.2) is 0 Å². The van der Waals surface area contributed by atoms with E-state index in [0.717, 1.165) is 12.1 Å². The van der Waals surface area contributed by atoms with Crippen LogP contribution in [0.1, 0.15) is 23.2 Å². The number of anilines is 2. The molecule has 2 aromatic carbocycles. The molecular formula is C22H24FN3O2. The van der Waals surface area contributed by atoms with Gasteiger partial charge in [0.2, 0.25) is 5.91 Å². The summed E-state index contributed by atoms with van der Waals surface area (Å²) in [6.07, 6.45) is 1.23. The largest absolute Gasteiger partial charge is 0.378 e. The van der Waals surface area contributed by atoms with Gasteiger partial charge in [0.1, 0.15) is 5.82 Å². The molecule has 1 spiro atoms. The number of hydrogen-bond donors (Lipinski definition) is 0. The Labute approximate surface area is 164 Å². The smallest absolute Gasteiger partial charge is 0.253 e. The predicted molar refractivity (Wildman–Crippen MR) is 107 cm³/mol. The second-order valence-electron chi connectivity index (χ2n) is 8.05. The first-order chi connectivity index (χ1) is 13.4. The molecule has 2 aromatic rings. The van der Waals surface area contributed by atoms with Gasteiger partial charge in [-0.1, -0.05) is 0 Å². The third kappa shape index (κ3) is 3.35. The zero-order valence-corrected chi connectivity index (χ0v) is 16.2. The predicted octanol–water partition coefficient (Wildman–Crippen LogP) is 3.16. The molecule has 1 atom stereocenters. The van der Waals surface area contributed by atoms with Crippen molar-refractivity contribution in [2.45, 2.75) is 12.8 Å². The van der Waals surface area contributed by atoms with E-state index in [1.54, 1.807) is 17.0 Å². The SMILES string of the molecule is CN(C)c1ccc(C(=O)N2CCC3(CC(=O)N(c4ccc(F)cc4)C3)C2)cc1. The molecule has 2 aliphatic rings. The molecule has 2 fully saturated rings. The topological polar surface area (TPSA) is 43.9 Å². The van der Waals surface area contributed by atoms with Crippen LogP contribution in [0.25, 0.3) is 0 Å². The summed E-state index contributed by atoms with van der Waals surface area (Å²) in [5.74, 6) is -0.269. The fourth-order valence-corrected chi connectivity index (χ4v) is 4.22.